The highest BCUT2D eigenvalue weighted by atomic mass is 16.5. The van der Waals surface area contributed by atoms with Gasteiger partial charge in [0.2, 0.25) is 0 Å². The molecule has 96 valence electrons. The van der Waals surface area contributed by atoms with Gasteiger partial charge in [0.15, 0.2) is 11.5 Å². The van der Waals surface area contributed by atoms with Crippen molar-refractivity contribution in [2.24, 2.45) is 0 Å². The number of hydrogen-bond donors (Lipinski definition) is 1. The lowest BCUT2D eigenvalue weighted by Crippen LogP contribution is -2.83. The number of rotatable bonds is 8. The van der Waals surface area contributed by atoms with Gasteiger partial charge in [0.25, 0.3) is 0 Å². The van der Waals surface area contributed by atoms with Crippen molar-refractivity contribution < 1.29 is 19.5 Å². The van der Waals surface area contributed by atoms with Crippen LogP contribution >= 0.6 is 0 Å². The Morgan fingerprint density at radius 3 is 2.65 bits per heavy atom. The summed E-state index contributed by atoms with van der Waals surface area (Å²) in [5.74, 6) is 1.60. The van der Waals surface area contributed by atoms with Crippen molar-refractivity contribution in [3.05, 3.63) is 23.8 Å². The third-order valence-electron chi connectivity index (χ3n) is 2.43. The highest BCUT2D eigenvalue weighted by Gasteiger charge is 2.05. The van der Waals surface area contributed by atoms with Crippen molar-refractivity contribution in [2.75, 3.05) is 34.0 Å². The van der Waals surface area contributed by atoms with Crippen LogP contribution in [0, 0.1) is 0 Å². The fraction of sp³-hybridized carbons (Fsp3) is 0.538. The molecule has 2 N–H and O–H groups in total. The molecule has 1 aromatic rings. The van der Waals surface area contributed by atoms with Crippen LogP contribution < -0.4 is 14.8 Å². The molecule has 4 heteroatoms. The summed E-state index contributed by atoms with van der Waals surface area (Å²) in [4.78, 5) is 0. The minimum Gasteiger partial charge on any atom is -0.493 e. The molecule has 0 fully saturated rings. The lowest BCUT2D eigenvalue weighted by atomic mass is 10.2. The molecule has 0 radical (unpaired) electrons. The van der Waals surface area contributed by atoms with E-state index >= 15 is 0 Å². The molecule has 1 aromatic carbocycles. The first-order valence-electron chi connectivity index (χ1n) is 5.92. The topological polar surface area (TPSA) is 44.3 Å². The summed E-state index contributed by atoms with van der Waals surface area (Å²) in [6, 6.07) is 6.05. The molecule has 0 unspecified atom stereocenters. The first-order chi connectivity index (χ1) is 8.31. The Morgan fingerprint density at radius 2 is 2.00 bits per heavy atom. The Kier molecular flexibility index (Phi) is 6.43. The zero-order chi connectivity index (χ0) is 12.5. The van der Waals surface area contributed by atoms with Gasteiger partial charge in [0.05, 0.1) is 26.9 Å². The van der Waals surface area contributed by atoms with E-state index in [1.165, 1.54) is 5.56 Å². The zero-order valence-electron chi connectivity index (χ0n) is 10.9. The summed E-state index contributed by atoms with van der Waals surface area (Å²) in [6.07, 6.45) is 0. The maximum absolute atomic E-state index is 5.47. The number of ether oxygens (including phenoxy) is 3. The van der Waals surface area contributed by atoms with Crippen molar-refractivity contribution in [3.63, 3.8) is 0 Å². The van der Waals surface area contributed by atoms with E-state index in [4.69, 9.17) is 14.2 Å². The van der Waals surface area contributed by atoms with Crippen molar-refractivity contribution in [3.8, 4) is 11.5 Å². The summed E-state index contributed by atoms with van der Waals surface area (Å²) in [5, 5.41) is 2.21. The van der Waals surface area contributed by atoms with Gasteiger partial charge in [0.1, 0.15) is 6.54 Å². The van der Waals surface area contributed by atoms with Gasteiger partial charge in [-0.05, 0) is 25.1 Å². The standard InChI is InChI=1S/C13H21NO3/c1-4-17-12-6-5-11(9-13(12)16-3)10-14-7-8-15-2/h5-6,9,14H,4,7-8,10H2,1-3H3/p+1. The normalized spacial score (nSPS) is 10.3. The van der Waals surface area contributed by atoms with E-state index < -0.39 is 0 Å². The van der Waals surface area contributed by atoms with Crippen LogP contribution in [0.25, 0.3) is 0 Å². The lowest BCUT2D eigenvalue weighted by Gasteiger charge is -2.10. The quantitative estimate of drug-likeness (QED) is 0.684. The molecular formula is C13H22NO3+. The average molecular weight is 240 g/mol. The van der Waals surface area contributed by atoms with Crippen LogP contribution in [0.3, 0.4) is 0 Å². The van der Waals surface area contributed by atoms with Crippen LogP contribution in [0.5, 0.6) is 11.5 Å². The van der Waals surface area contributed by atoms with Gasteiger partial charge in [-0.25, -0.2) is 0 Å². The Hall–Kier alpha value is -1.26. The van der Waals surface area contributed by atoms with Crippen molar-refractivity contribution in [1.82, 2.24) is 0 Å². The molecule has 0 atom stereocenters. The molecule has 0 aliphatic heterocycles. The van der Waals surface area contributed by atoms with Gasteiger partial charge in [-0.1, -0.05) is 0 Å². The zero-order valence-corrected chi connectivity index (χ0v) is 10.9. The summed E-state index contributed by atoms with van der Waals surface area (Å²) >= 11 is 0. The second kappa shape index (κ2) is 7.92. The molecule has 0 aliphatic rings. The number of methoxy groups -OCH3 is 2. The van der Waals surface area contributed by atoms with Gasteiger partial charge in [0, 0.05) is 12.7 Å². The SMILES string of the molecule is CCOc1ccc(C[NH2+]CCOC)cc1OC. The monoisotopic (exact) mass is 240 g/mol. The molecule has 1 rings (SSSR count). The van der Waals surface area contributed by atoms with E-state index in [9.17, 15) is 0 Å². The van der Waals surface area contributed by atoms with Crippen LogP contribution in [0.4, 0.5) is 0 Å². The maximum atomic E-state index is 5.47. The molecule has 0 saturated heterocycles. The first kappa shape index (κ1) is 13.8. The van der Waals surface area contributed by atoms with Crippen molar-refractivity contribution >= 4 is 0 Å². The fourth-order valence-electron chi connectivity index (χ4n) is 1.58. The second-order valence-corrected chi connectivity index (χ2v) is 3.69. The maximum Gasteiger partial charge on any atom is 0.161 e. The first-order valence-corrected chi connectivity index (χ1v) is 5.92. The Morgan fingerprint density at radius 1 is 1.18 bits per heavy atom. The van der Waals surface area contributed by atoms with E-state index in [2.05, 4.69) is 11.4 Å². The number of nitrogens with two attached hydrogens (primary N) is 1. The number of benzene rings is 1. The second-order valence-electron chi connectivity index (χ2n) is 3.69. The van der Waals surface area contributed by atoms with Crippen LogP contribution in [0.2, 0.25) is 0 Å². The summed E-state index contributed by atoms with van der Waals surface area (Å²) < 4.78 is 15.8. The molecule has 0 heterocycles. The highest BCUT2D eigenvalue weighted by Crippen LogP contribution is 2.27. The number of hydrogen-bond acceptors (Lipinski definition) is 3. The largest absolute Gasteiger partial charge is 0.493 e. The molecule has 0 saturated carbocycles. The molecule has 0 amide bonds. The Balaban J connectivity index is 2.56. The van der Waals surface area contributed by atoms with Gasteiger partial charge in [-0.2, -0.15) is 0 Å². The molecule has 4 nitrogen and oxygen atoms in total. The molecule has 0 aromatic heterocycles. The van der Waals surface area contributed by atoms with Crippen LogP contribution in [0.1, 0.15) is 12.5 Å². The predicted octanol–water partition coefficient (Wildman–Crippen LogP) is 0.804. The predicted molar refractivity (Wildman–Crippen MR) is 66.5 cm³/mol. The van der Waals surface area contributed by atoms with Crippen LogP contribution in [-0.4, -0.2) is 34.0 Å². The van der Waals surface area contributed by atoms with Crippen LogP contribution in [0.15, 0.2) is 18.2 Å². The highest BCUT2D eigenvalue weighted by molar-refractivity contribution is 5.42. The Bertz CT molecular complexity index is 328. The smallest absolute Gasteiger partial charge is 0.161 e. The van der Waals surface area contributed by atoms with Gasteiger partial charge >= 0.3 is 0 Å². The molecule has 0 spiro atoms. The van der Waals surface area contributed by atoms with Gasteiger partial charge in [-0.15, -0.1) is 0 Å². The van der Waals surface area contributed by atoms with E-state index in [1.807, 2.05) is 19.1 Å². The third-order valence-corrected chi connectivity index (χ3v) is 2.43. The third kappa shape index (κ3) is 4.63. The number of quaternary nitrogens is 1. The van der Waals surface area contributed by atoms with E-state index in [0.717, 1.165) is 31.2 Å². The minimum atomic E-state index is 0.648. The summed E-state index contributed by atoms with van der Waals surface area (Å²) in [7, 11) is 3.38. The van der Waals surface area contributed by atoms with Crippen LogP contribution in [-0.2, 0) is 11.3 Å². The van der Waals surface area contributed by atoms with E-state index in [0.29, 0.717) is 6.61 Å². The fourth-order valence-corrected chi connectivity index (χ4v) is 1.58. The van der Waals surface area contributed by atoms with Gasteiger partial charge < -0.3 is 19.5 Å². The summed E-state index contributed by atoms with van der Waals surface area (Å²) in [6.45, 7) is 5.27. The van der Waals surface area contributed by atoms with Crippen molar-refractivity contribution in [2.45, 2.75) is 13.5 Å². The minimum absolute atomic E-state index is 0.648. The molecule has 0 aliphatic carbocycles. The van der Waals surface area contributed by atoms with E-state index in [-0.39, 0.29) is 0 Å². The average Bonchev–Trinajstić information content (AvgIpc) is 2.36. The van der Waals surface area contributed by atoms with E-state index in [1.54, 1.807) is 14.2 Å². The van der Waals surface area contributed by atoms with Crippen molar-refractivity contribution in [1.29, 1.82) is 0 Å². The summed E-state index contributed by atoms with van der Waals surface area (Å²) in [5.41, 5.74) is 1.22. The molecular weight excluding hydrogens is 218 g/mol. The lowest BCUT2D eigenvalue weighted by molar-refractivity contribution is -0.671. The molecule has 17 heavy (non-hydrogen) atoms. The molecule has 0 bridgehead atoms. The Labute approximate surface area is 103 Å². The van der Waals surface area contributed by atoms with Gasteiger partial charge in [-0.3, -0.25) is 0 Å².